The van der Waals surface area contributed by atoms with Crippen LogP contribution in [-0.4, -0.2) is 18.0 Å². The maximum absolute atomic E-state index is 8.71. The summed E-state index contributed by atoms with van der Waals surface area (Å²) < 4.78 is 5.74. The summed E-state index contributed by atoms with van der Waals surface area (Å²) in [7, 11) is 0. The second-order valence-corrected chi connectivity index (χ2v) is 5.56. The number of aliphatic hydroxyl groups excluding tert-OH is 1. The lowest BCUT2D eigenvalue weighted by Gasteiger charge is -2.05. The summed E-state index contributed by atoms with van der Waals surface area (Å²) in [6, 6.07) is 9.97. The van der Waals surface area contributed by atoms with Crippen LogP contribution in [0.1, 0.15) is 10.4 Å². The van der Waals surface area contributed by atoms with Crippen molar-refractivity contribution in [2.45, 2.75) is 11.5 Å². The van der Waals surface area contributed by atoms with Crippen LogP contribution in [-0.2, 0) is 6.61 Å². The van der Waals surface area contributed by atoms with Gasteiger partial charge in [-0.1, -0.05) is 11.8 Å². The van der Waals surface area contributed by atoms with Crippen molar-refractivity contribution in [2.75, 3.05) is 12.9 Å². The van der Waals surface area contributed by atoms with Crippen LogP contribution < -0.4 is 4.74 Å². The smallest absolute Gasteiger partial charge is 0.124 e. The molecule has 0 fully saturated rings. The number of thioether (sulfide) groups is 1. The van der Waals surface area contributed by atoms with E-state index in [1.165, 1.54) is 4.90 Å². The van der Waals surface area contributed by atoms with Gasteiger partial charge in [0.25, 0.3) is 0 Å². The largest absolute Gasteiger partial charge is 0.488 e. The number of ether oxygens (including phenoxy) is 1. The van der Waals surface area contributed by atoms with Gasteiger partial charge in [0.05, 0.1) is 4.88 Å². The van der Waals surface area contributed by atoms with Crippen molar-refractivity contribution in [1.82, 2.24) is 0 Å². The van der Waals surface area contributed by atoms with E-state index < -0.39 is 0 Å². The molecule has 0 bridgehead atoms. The van der Waals surface area contributed by atoms with Crippen LogP contribution in [0, 0.1) is 11.8 Å². The van der Waals surface area contributed by atoms with Gasteiger partial charge in [-0.05, 0) is 42.0 Å². The molecule has 0 unspecified atom stereocenters. The topological polar surface area (TPSA) is 29.5 Å². The first kappa shape index (κ1) is 14.0. The first-order valence-electron chi connectivity index (χ1n) is 5.76. The van der Waals surface area contributed by atoms with Crippen LogP contribution in [0.3, 0.4) is 0 Å². The van der Waals surface area contributed by atoms with Crippen LogP contribution in [0.25, 0.3) is 0 Å². The zero-order valence-corrected chi connectivity index (χ0v) is 12.2. The van der Waals surface area contributed by atoms with Gasteiger partial charge in [-0.25, -0.2) is 0 Å². The molecule has 1 N–H and O–H groups in total. The monoisotopic (exact) mass is 290 g/mol. The summed E-state index contributed by atoms with van der Waals surface area (Å²) in [5.41, 5.74) is 0.930. The zero-order valence-electron chi connectivity index (χ0n) is 10.6. The maximum atomic E-state index is 8.71. The molecule has 1 heterocycles. The predicted molar refractivity (Wildman–Crippen MR) is 80.8 cm³/mol. The lowest BCUT2D eigenvalue weighted by molar-refractivity contribution is 0.309. The van der Waals surface area contributed by atoms with E-state index in [0.717, 1.165) is 16.2 Å². The third-order valence-electron chi connectivity index (χ3n) is 2.48. The lowest BCUT2D eigenvalue weighted by atomic mass is 10.2. The average Bonchev–Trinajstić information content (AvgIpc) is 2.91. The van der Waals surface area contributed by atoms with Crippen molar-refractivity contribution in [1.29, 1.82) is 0 Å². The summed E-state index contributed by atoms with van der Waals surface area (Å²) >= 11 is 3.32. The van der Waals surface area contributed by atoms with Crippen molar-refractivity contribution in [3.05, 3.63) is 46.2 Å². The predicted octanol–water partition coefficient (Wildman–Crippen LogP) is 3.39. The van der Waals surface area contributed by atoms with Gasteiger partial charge in [-0.15, -0.1) is 23.1 Å². The van der Waals surface area contributed by atoms with Gasteiger partial charge in [0, 0.05) is 10.5 Å². The Morgan fingerprint density at radius 3 is 2.74 bits per heavy atom. The van der Waals surface area contributed by atoms with Gasteiger partial charge in [-0.3, -0.25) is 0 Å². The molecule has 0 aliphatic carbocycles. The third-order valence-corrected chi connectivity index (χ3v) is 4.11. The third kappa shape index (κ3) is 4.03. The highest BCUT2D eigenvalue weighted by atomic mass is 32.2. The highest BCUT2D eigenvalue weighted by molar-refractivity contribution is 7.98. The van der Waals surface area contributed by atoms with E-state index in [1.807, 2.05) is 42.0 Å². The van der Waals surface area contributed by atoms with Gasteiger partial charge < -0.3 is 9.84 Å². The van der Waals surface area contributed by atoms with Gasteiger partial charge in [0.1, 0.15) is 19.0 Å². The Hall–Kier alpha value is -1.41. The first-order chi connectivity index (χ1) is 9.33. The quantitative estimate of drug-likeness (QED) is 0.691. The summed E-state index contributed by atoms with van der Waals surface area (Å²) in [4.78, 5) is 2.30. The molecule has 0 aliphatic rings. The van der Waals surface area contributed by atoms with Gasteiger partial charge >= 0.3 is 0 Å². The van der Waals surface area contributed by atoms with Crippen molar-refractivity contribution in [3.63, 3.8) is 0 Å². The molecule has 0 saturated carbocycles. The summed E-state index contributed by atoms with van der Waals surface area (Å²) in [6.07, 6.45) is 2.05. The SMILES string of the molecule is CSc1ccc(OCc2sccc2C#CCO)cc1. The van der Waals surface area contributed by atoms with Crippen LogP contribution in [0.15, 0.2) is 40.6 Å². The summed E-state index contributed by atoms with van der Waals surface area (Å²) in [5, 5.41) is 10.7. The molecule has 0 saturated heterocycles. The van der Waals surface area contributed by atoms with Crippen LogP contribution in [0.5, 0.6) is 5.75 Å². The van der Waals surface area contributed by atoms with E-state index in [-0.39, 0.29) is 6.61 Å². The van der Waals surface area contributed by atoms with Crippen molar-refractivity contribution in [2.24, 2.45) is 0 Å². The molecule has 1 aromatic carbocycles. The fourth-order valence-corrected chi connectivity index (χ4v) is 2.67. The molecule has 0 amide bonds. The van der Waals surface area contributed by atoms with Crippen LogP contribution in [0.2, 0.25) is 0 Å². The van der Waals surface area contributed by atoms with E-state index >= 15 is 0 Å². The fraction of sp³-hybridized carbons (Fsp3) is 0.200. The van der Waals surface area contributed by atoms with Gasteiger partial charge in [0.2, 0.25) is 0 Å². The van der Waals surface area contributed by atoms with Crippen molar-refractivity contribution in [3.8, 4) is 17.6 Å². The normalized spacial score (nSPS) is 9.79. The second kappa shape index (κ2) is 7.25. The molecule has 2 rings (SSSR count). The highest BCUT2D eigenvalue weighted by Crippen LogP contribution is 2.22. The molecule has 2 aromatic rings. The Morgan fingerprint density at radius 2 is 2.05 bits per heavy atom. The van der Waals surface area contributed by atoms with Crippen LogP contribution in [0.4, 0.5) is 0 Å². The Balaban J connectivity index is 2.00. The molecule has 0 aliphatic heterocycles. The molecule has 19 heavy (non-hydrogen) atoms. The first-order valence-corrected chi connectivity index (χ1v) is 7.87. The number of benzene rings is 1. The molecule has 98 valence electrons. The maximum Gasteiger partial charge on any atom is 0.124 e. The van der Waals surface area contributed by atoms with E-state index in [4.69, 9.17) is 9.84 Å². The number of rotatable bonds is 4. The molecular formula is C15H14O2S2. The zero-order chi connectivity index (χ0) is 13.5. The molecule has 0 atom stereocenters. The minimum absolute atomic E-state index is 0.119. The van der Waals surface area contributed by atoms with E-state index in [1.54, 1.807) is 23.1 Å². The molecule has 4 heteroatoms. The minimum atomic E-state index is -0.119. The second-order valence-electron chi connectivity index (χ2n) is 3.68. The van der Waals surface area contributed by atoms with Crippen molar-refractivity contribution >= 4 is 23.1 Å². The summed E-state index contributed by atoms with van der Waals surface area (Å²) in [6.45, 7) is 0.387. The van der Waals surface area contributed by atoms with Gasteiger partial charge in [-0.2, -0.15) is 0 Å². The van der Waals surface area contributed by atoms with E-state index in [9.17, 15) is 0 Å². The fourth-order valence-electron chi connectivity index (χ4n) is 1.52. The number of aliphatic hydroxyl groups is 1. The molecule has 0 radical (unpaired) electrons. The highest BCUT2D eigenvalue weighted by Gasteiger charge is 2.03. The summed E-state index contributed by atoms with van der Waals surface area (Å²) in [5.74, 6) is 6.44. The number of thiophene rings is 1. The Labute approximate surface area is 121 Å². The standard InChI is InChI=1S/C15H14O2S2/c1-18-14-6-4-13(5-7-14)17-11-15-12(3-2-9-16)8-10-19-15/h4-8,10,16H,9,11H2,1H3. The number of hydrogen-bond acceptors (Lipinski definition) is 4. The lowest BCUT2D eigenvalue weighted by Crippen LogP contribution is -1.94. The van der Waals surface area contributed by atoms with E-state index in [2.05, 4.69) is 11.8 Å². The average molecular weight is 290 g/mol. The van der Waals surface area contributed by atoms with Crippen molar-refractivity contribution < 1.29 is 9.84 Å². The molecule has 2 nitrogen and oxygen atoms in total. The Bertz CT molecular complexity index is 576. The molecule has 1 aromatic heterocycles. The Morgan fingerprint density at radius 1 is 1.26 bits per heavy atom. The van der Waals surface area contributed by atoms with Gasteiger partial charge in [0.15, 0.2) is 0 Å². The van der Waals surface area contributed by atoms with E-state index in [0.29, 0.717) is 6.61 Å². The molecule has 0 spiro atoms. The van der Waals surface area contributed by atoms with Crippen LogP contribution >= 0.6 is 23.1 Å². The Kier molecular flexibility index (Phi) is 5.34. The molecular weight excluding hydrogens is 276 g/mol. The minimum Gasteiger partial charge on any atom is -0.488 e. The number of hydrogen-bond donors (Lipinski definition) is 1.